The molecule has 0 unspecified atom stereocenters. The molecule has 1 N–H and O–H groups in total. The van der Waals surface area contributed by atoms with Crippen molar-refractivity contribution in [1.29, 1.82) is 0 Å². The van der Waals surface area contributed by atoms with Crippen molar-refractivity contribution in [1.82, 2.24) is 19.3 Å². The summed E-state index contributed by atoms with van der Waals surface area (Å²) in [7, 11) is 0. The van der Waals surface area contributed by atoms with Crippen molar-refractivity contribution in [2.75, 3.05) is 12.1 Å². The smallest absolute Gasteiger partial charge is 0.331 e. The third-order valence-electron chi connectivity index (χ3n) is 5.70. The minimum absolute atomic E-state index is 0.0155. The normalized spacial score (nSPS) is 12.3. The molecule has 180 valence electrons. The van der Waals surface area contributed by atoms with E-state index < -0.39 is 17.2 Å². The van der Waals surface area contributed by atoms with E-state index in [1.807, 2.05) is 19.1 Å². The first-order valence-corrected chi connectivity index (χ1v) is 11.1. The maximum Gasteiger partial charge on any atom is 0.331 e. The molecule has 1 aliphatic rings. The summed E-state index contributed by atoms with van der Waals surface area (Å²) in [4.78, 5) is 43.7. The largest absolute Gasteiger partial charge is 0.454 e. The second-order valence-corrected chi connectivity index (χ2v) is 8.30. The second-order valence-electron chi connectivity index (χ2n) is 8.30. The average Bonchev–Trinajstić information content (AvgIpc) is 3.47. The summed E-state index contributed by atoms with van der Waals surface area (Å²) in [5.74, 6) is 1.37. The number of anilines is 1. The fourth-order valence-electron chi connectivity index (χ4n) is 3.97. The first-order chi connectivity index (χ1) is 16.9. The van der Waals surface area contributed by atoms with E-state index in [9.17, 15) is 14.4 Å². The van der Waals surface area contributed by atoms with E-state index in [0.717, 1.165) is 10.1 Å². The quantitative estimate of drug-likeness (QED) is 0.429. The molecule has 0 spiro atoms. The van der Waals surface area contributed by atoms with Crippen LogP contribution in [0.5, 0.6) is 11.5 Å². The highest BCUT2D eigenvalue weighted by Gasteiger charge is 2.21. The van der Waals surface area contributed by atoms with Gasteiger partial charge in [-0.3, -0.25) is 18.7 Å². The number of aromatic nitrogens is 4. The molecule has 3 heterocycles. The van der Waals surface area contributed by atoms with E-state index in [1.54, 1.807) is 31.2 Å². The van der Waals surface area contributed by atoms with Gasteiger partial charge in [0.05, 0.1) is 10.9 Å². The van der Waals surface area contributed by atoms with Crippen LogP contribution < -0.4 is 26.0 Å². The summed E-state index contributed by atoms with van der Waals surface area (Å²) < 4.78 is 18.4. The molecule has 0 saturated carbocycles. The Hall–Kier alpha value is -4.41. The fourth-order valence-corrected chi connectivity index (χ4v) is 3.97. The minimum Gasteiger partial charge on any atom is -0.454 e. The average molecular weight is 477 g/mol. The molecule has 35 heavy (non-hydrogen) atoms. The summed E-state index contributed by atoms with van der Waals surface area (Å²) in [6, 6.07) is 10.4. The van der Waals surface area contributed by atoms with Crippen molar-refractivity contribution in [3.05, 3.63) is 74.5 Å². The SMILES string of the molecule is Cc1ccc(NC(=O)Cn2c(=O)n(CCCc3nc(C)no3)c(=O)c3cc4c(cc32)OCO4)cc1. The third kappa shape index (κ3) is 4.52. The zero-order chi connectivity index (χ0) is 24.5. The predicted molar refractivity (Wildman–Crippen MR) is 126 cm³/mol. The first kappa shape index (κ1) is 22.4. The van der Waals surface area contributed by atoms with Gasteiger partial charge in [-0.05, 0) is 38.5 Å². The Labute approximate surface area is 198 Å². The van der Waals surface area contributed by atoms with Gasteiger partial charge in [0.25, 0.3) is 5.56 Å². The predicted octanol–water partition coefficient (Wildman–Crippen LogP) is 2.16. The molecular formula is C24H23N5O6. The van der Waals surface area contributed by atoms with Crippen LogP contribution in [0.25, 0.3) is 10.9 Å². The number of amides is 1. The van der Waals surface area contributed by atoms with Crippen molar-refractivity contribution in [2.24, 2.45) is 0 Å². The molecule has 0 saturated heterocycles. The molecule has 2 aromatic carbocycles. The van der Waals surface area contributed by atoms with Gasteiger partial charge in [0.2, 0.25) is 18.6 Å². The number of hydrogen-bond acceptors (Lipinski definition) is 8. The number of nitrogens with zero attached hydrogens (tertiary/aromatic N) is 4. The van der Waals surface area contributed by atoms with E-state index in [4.69, 9.17) is 14.0 Å². The molecule has 2 aromatic heterocycles. The number of benzene rings is 2. The molecule has 0 atom stereocenters. The van der Waals surface area contributed by atoms with Crippen LogP contribution in [0, 0.1) is 13.8 Å². The molecule has 5 rings (SSSR count). The number of nitrogens with one attached hydrogen (secondary N) is 1. The molecule has 11 heteroatoms. The lowest BCUT2D eigenvalue weighted by Crippen LogP contribution is -2.41. The van der Waals surface area contributed by atoms with Gasteiger partial charge in [-0.25, -0.2) is 4.79 Å². The van der Waals surface area contributed by atoms with E-state index in [0.29, 0.717) is 47.3 Å². The molecular weight excluding hydrogens is 454 g/mol. The molecule has 0 fully saturated rings. The second kappa shape index (κ2) is 9.09. The Bertz CT molecular complexity index is 1530. The highest BCUT2D eigenvalue weighted by Crippen LogP contribution is 2.34. The van der Waals surface area contributed by atoms with Gasteiger partial charge >= 0.3 is 5.69 Å². The van der Waals surface area contributed by atoms with Crippen LogP contribution in [0.3, 0.4) is 0 Å². The van der Waals surface area contributed by atoms with Gasteiger partial charge in [0.15, 0.2) is 17.3 Å². The van der Waals surface area contributed by atoms with Crippen molar-refractivity contribution < 1.29 is 18.8 Å². The van der Waals surface area contributed by atoms with Crippen molar-refractivity contribution >= 4 is 22.5 Å². The number of ether oxygens (including phenoxy) is 2. The van der Waals surface area contributed by atoms with Crippen molar-refractivity contribution in [3.63, 3.8) is 0 Å². The summed E-state index contributed by atoms with van der Waals surface area (Å²) >= 11 is 0. The number of carbonyl (C=O) groups excluding carboxylic acids is 1. The molecule has 0 bridgehead atoms. The van der Waals surface area contributed by atoms with Crippen LogP contribution in [-0.4, -0.2) is 32.0 Å². The number of hydrogen-bond donors (Lipinski definition) is 1. The van der Waals surface area contributed by atoms with Crippen LogP contribution in [0.1, 0.15) is 23.7 Å². The lowest BCUT2D eigenvalue weighted by molar-refractivity contribution is -0.116. The van der Waals surface area contributed by atoms with Crippen LogP contribution in [0.2, 0.25) is 0 Å². The Morgan fingerprint density at radius 1 is 1.06 bits per heavy atom. The minimum atomic E-state index is -0.595. The topological polar surface area (TPSA) is 130 Å². The maximum atomic E-state index is 13.4. The number of carbonyl (C=O) groups is 1. The fraction of sp³-hybridized carbons (Fsp3) is 0.292. The number of rotatable bonds is 7. The number of aryl methyl sites for hydroxylation is 3. The first-order valence-electron chi connectivity index (χ1n) is 11.1. The summed E-state index contributed by atoms with van der Waals surface area (Å²) in [6.07, 6.45) is 0.822. The van der Waals surface area contributed by atoms with E-state index in [2.05, 4.69) is 15.5 Å². The molecule has 11 nitrogen and oxygen atoms in total. The molecule has 1 aliphatic heterocycles. The van der Waals surface area contributed by atoms with Crippen molar-refractivity contribution in [3.8, 4) is 11.5 Å². The van der Waals surface area contributed by atoms with Gasteiger partial charge in [-0.15, -0.1) is 0 Å². The van der Waals surface area contributed by atoms with Crippen LogP contribution in [-0.2, 0) is 24.3 Å². The highest BCUT2D eigenvalue weighted by atomic mass is 16.7. The van der Waals surface area contributed by atoms with Gasteiger partial charge < -0.3 is 19.3 Å². The van der Waals surface area contributed by atoms with Gasteiger partial charge in [-0.1, -0.05) is 22.9 Å². The van der Waals surface area contributed by atoms with Gasteiger partial charge in [0, 0.05) is 24.7 Å². The summed E-state index contributed by atoms with van der Waals surface area (Å²) in [6.45, 7) is 3.51. The van der Waals surface area contributed by atoms with Crippen LogP contribution >= 0.6 is 0 Å². The Balaban J connectivity index is 1.50. The summed E-state index contributed by atoms with van der Waals surface area (Å²) in [5.41, 5.74) is 0.900. The van der Waals surface area contributed by atoms with Crippen molar-refractivity contribution in [2.45, 2.75) is 39.8 Å². The van der Waals surface area contributed by atoms with Gasteiger partial charge in [0.1, 0.15) is 6.54 Å². The summed E-state index contributed by atoms with van der Waals surface area (Å²) in [5, 5.41) is 6.80. The molecule has 0 radical (unpaired) electrons. The molecule has 4 aromatic rings. The maximum absolute atomic E-state index is 13.4. The van der Waals surface area contributed by atoms with Crippen LogP contribution in [0.4, 0.5) is 5.69 Å². The third-order valence-corrected chi connectivity index (χ3v) is 5.70. The lowest BCUT2D eigenvalue weighted by atomic mass is 10.2. The van der Waals surface area contributed by atoms with Crippen LogP contribution in [0.15, 0.2) is 50.5 Å². The Morgan fingerprint density at radius 2 is 1.80 bits per heavy atom. The molecule has 0 aliphatic carbocycles. The standard InChI is InChI=1S/C24H23N5O6/c1-14-5-7-16(8-6-14)26-21(30)12-29-18-11-20-19(33-13-34-20)10-17(18)23(31)28(24(29)32)9-3-4-22-25-15(2)27-35-22/h5-8,10-11H,3-4,9,12-13H2,1-2H3,(H,26,30). The van der Waals surface area contributed by atoms with Gasteiger partial charge in [-0.2, -0.15) is 4.98 Å². The van der Waals surface area contributed by atoms with E-state index in [1.165, 1.54) is 4.57 Å². The van der Waals surface area contributed by atoms with E-state index in [-0.39, 0.29) is 25.3 Å². The highest BCUT2D eigenvalue weighted by molar-refractivity contribution is 5.92. The lowest BCUT2D eigenvalue weighted by Gasteiger charge is -2.15. The zero-order valence-corrected chi connectivity index (χ0v) is 19.2. The number of fused-ring (bicyclic) bond motifs is 2. The Morgan fingerprint density at radius 3 is 2.51 bits per heavy atom. The Kier molecular flexibility index (Phi) is 5.81. The zero-order valence-electron chi connectivity index (χ0n) is 19.2. The van der Waals surface area contributed by atoms with E-state index >= 15 is 0 Å². The monoisotopic (exact) mass is 477 g/mol. The molecule has 1 amide bonds.